The summed E-state index contributed by atoms with van der Waals surface area (Å²) < 4.78 is 0.797. The molecule has 0 bridgehead atoms. The summed E-state index contributed by atoms with van der Waals surface area (Å²) in [4.78, 5) is 10.1. The Hall–Kier alpha value is -1.63. The molecule has 0 saturated heterocycles. The van der Waals surface area contributed by atoms with E-state index in [2.05, 4.69) is 21.2 Å². The van der Waals surface area contributed by atoms with Gasteiger partial charge in [0, 0.05) is 33.9 Å². The molecule has 110 valence electrons. The van der Waals surface area contributed by atoms with E-state index in [1.807, 2.05) is 0 Å². The van der Waals surface area contributed by atoms with Gasteiger partial charge in [-0.25, -0.2) is 0 Å². The van der Waals surface area contributed by atoms with Crippen molar-refractivity contribution >= 4 is 38.9 Å². The Balaban J connectivity index is 2.01. The number of nitro benzene ring substituents is 1. The molecule has 2 aromatic rings. The second-order valence-corrected chi connectivity index (χ2v) is 5.66. The fraction of sp³-hybridized carbons (Fsp3) is 0.143. The molecule has 0 heterocycles. The number of benzene rings is 2. The van der Waals surface area contributed by atoms with E-state index < -0.39 is 11.0 Å². The Morgan fingerprint density at radius 3 is 2.52 bits per heavy atom. The van der Waals surface area contributed by atoms with E-state index in [0.717, 1.165) is 10.2 Å². The average molecular weight is 372 g/mol. The van der Waals surface area contributed by atoms with Crippen LogP contribution >= 0.6 is 27.5 Å². The van der Waals surface area contributed by atoms with E-state index in [1.54, 1.807) is 30.3 Å². The zero-order chi connectivity index (χ0) is 15.4. The number of halogens is 2. The SMILES string of the molecule is O=[N+]([O-])c1ccc(C(O)CNc2ccc(Cl)cc2Br)cc1. The van der Waals surface area contributed by atoms with Gasteiger partial charge in [-0.05, 0) is 51.8 Å². The predicted molar refractivity (Wildman–Crippen MR) is 85.7 cm³/mol. The van der Waals surface area contributed by atoms with Crippen molar-refractivity contribution in [1.29, 1.82) is 0 Å². The number of non-ortho nitro benzene ring substituents is 1. The number of aliphatic hydroxyl groups excluding tert-OH is 1. The van der Waals surface area contributed by atoms with Crippen LogP contribution in [0.25, 0.3) is 0 Å². The maximum absolute atomic E-state index is 10.6. The molecule has 7 heteroatoms. The number of nitrogens with one attached hydrogen (secondary N) is 1. The number of nitro groups is 1. The number of rotatable bonds is 5. The fourth-order valence-electron chi connectivity index (χ4n) is 1.78. The van der Waals surface area contributed by atoms with E-state index in [1.165, 1.54) is 12.1 Å². The summed E-state index contributed by atoms with van der Waals surface area (Å²) in [5.74, 6) is 0. The minimum atomic E-state index is -0.770. The Bertz CT molecular complexity index is 649. The van der Waals surface area contributed by atoms with E-state index in [9.17, 15) is 15.2 Å². The standard InChI is InChI=1S/C14H12BrClN2O3/c15-12-7-10(16)3-6-13(12)17-8-14(19)9-1-4-11(5-2-9)18(20)21/h1-7,14,17,19H,8H2. The first-order valence-corrected chi connectivity index (χ1v) is 7.26. The van der Waals surface area contributed by atoms with Gasteiger partial charge in [-0.2, -0.15) is 0 Å². The summed E-state index contributed by atoms with van der Waals surface area (Å²) >= 11 is 9.23. The maximum atomic E-state index is 10.6. The van der Waals surface area contributed by atoms with E-state index in [-0.39, 0.29) is 12.2 Å². The van der Waals surface area contributed by atoms with Gasteiger partial charge < -0.3 is 10.4 Å². The molecule has 21 heavy (non-hydrogen) atoms. The summed E-state index contributed by atoms with van der Waals surface area (Å²) in [5, 5.41) is 24.4. The molecule has 1 unspecified atom stereocenters. The van der Waals surface area contributed by atoms with Gasteiger partial charge in [0.15, 0.2) is 0 Å². The number of hydrogen-bond acceptors (Lipinski definition) is 4. The number of aliphatic hydroxyl groups is 1. The normalized spacial score (nSPS) is 12.0. The van der Waals surface area contributed by atoms with Gasteiger partial charge in [0.1, 0.15) is 0 Å². The number of anilines is 1. The van der Waals surface area contributed by atoms with Crippen molar-refractivity contribution in [3.8, 4) is 0 Å². The molecule has 0 radical (unpaired) electrons. The second-order valence-electron chi connectivity index (χ2n) is 4.37. The van der Waals surface area contributed by atoms with Crippen molar-refractivity contribution in [3.05, 3.63) is 67.6 Å². The van der Waals surface area contributed by atoms with Crippen LogP contribution in [0.2, 0.25) is 5.02 Å². The molecule has 2 N–H and O–H groups in total. The molecule has 0 fully saturated rings. The highest BCUT2D eigenvalue weighted by atomic mass is 79.9. The van der Waals surface area contributed by atoms with Crippen LogP contribution < -0.4 is 5.32 Å². The summed E-state index contributed by atoms with van der Waals surface area (Å²) in [5.41, 5.74) is 1.41. The predicted octanol–water partition coefficient (Wildman–Crippen LogP) is 4.16. The zero-order valence-corrected chi connectivity index (χ0v) is 13.1. The quantitative estimate of drug-likeness (QED) is 0.611. The topological polar surface area (TPSA) is 75.4 Å². The highest BCUT2D eigenvalue weighted by molar-refractivity contribution is 9.10. The van der Waals surface area contributed by atoms with Gasteiger partial charge in [0.25, 0.3) is 5.69 Å². The smallest absolute Gasteiger partial charge is 0.269 e. The third-order valence-electron chi connectivity index (χ3n) is 2.91. The lowest BCUT2D eigenvalue weighted by atomic mass is 10.1. The second kappa shape index (κ2) is 6.89. The summed E-state index contributed by atoms with van der Waals surface area (Å²) in [7, 11) is 0. The van der Waals surface area contributed by atoms with Gasteiger partial charge in [-0.3, -0.25) is 10.1 Å². The van der Waals surface area contributed by atoms with Gasteiger partial charge >= 0.3 is 0 Å². The molecular weight excluding hydrogens is 360 g/mol. The highest BCUT2D eigenvalue weighted by Crippen LogP contribution is 2.26. The van der Waals surface area contributed by atoms with Gasteiger partial charge in [-0.15, -0.1) is 0 Å². The van der Waals surface area contributed by atoms with Crippen molar-refractivity contribution in [1.82, 2.24) is 0 Å². The monoisotopic (exact) mass is 370 g/mol. The summed E-state index contributed by atoms with van der Waals surface area (Å²) in [6.07, 6.45) is -0.770. The summed E-state index contributed by atoms with van der Waals surface area (Å²) in [6, 6.07) is 11.1. The van der Waals surface area contributed by atoms with Crippen LogP contribution in [0, 0.1) is 10.1 Å². The van der Waals surface area contributed by atoms with Crippen LogP contribution in [0.1, 0.15) is 11.7 Å². The maximum Gasteiger partial charge on any atom is 0.269 e. The van der Waals surface area contributed by atoms with Crippen LogP contribution in [-0.2, 0) is 0 Å². The molecule has 0 aliphatic carbocycles. The zero-order valence-electron chi connectivity index (χ0n) is 10.8. The molecular formula is C14H12BrClN2O3. The Morgan fingerprint density at radius 1 is 1.29 bits per heavy atom. The first-order valence-electron chi connectivity index (χ1n) is 6.08. The molecule has 0 aliphatic heterocycles. The Morgan fingerprint density at radius 2 is 1.95 bits per heavy atom. The third kappa shape index (κ3) is 4.17. The van der Waals surface area contributed by atoms with Crippen molar-refractivity contribution in [2.24, 2.45) is 0 Å². The largest absolute Gasteiger partial charge is 0.387 e. The lowest BCUT2D eigenvalue weighted by Gasteiger charge is -2.14. The van der Waals surface area contributed by atoms with Crippen LogP contribution in [0.4, 0.5) is 11.4 Å². The van der Waals surface area contributed by atoms with Crippen LogP contribution in [0.5, 0.6) is 0 Å². The lowest BCUT2D eigenvalue weighted by molar-refractivity contribution is -0.384. The third-order valence-corrected chi connectivity index (χ3v) is 3.80. The number of hydrogen-bond donors (Lipinski definition) is 2. The molecule has 0 spiro atoms. The Kier molecular flexibility index (Phi) is 5.17. The molecule has 0 aliphatic rings. The molecule has 0 aromatic heterocycles. The first-order chi connectivity index (χ1) is 9.97. The lowest BCUT2D eigenvalue weighted by Crippen LogP contribution is -2.12. The molecule has 5 nitrogen and oxygen atoms in total. The molecule has 2 aromatic carbocycles. The van der Waals surface area contributed by atoms with Crippen molar-refractivity contribution < 1.29 is 10.0 Å². The van der Waals surface area contributed by atoms with Crippen molar-refractivity contribution in [2.75, 3.05) is 11.9 Å². The molecule has 0 saturated carbocycles. The van der Waals surface area contributed by atoms with Crippen molar-refractivity contribution in [2.45, 2.75) is 6.10 Å². The van der Waals surface area contributed by atoms with Gasteiger partial charge in [0.05, 0.1) is 11.0 Å². The van der Waals surface area contributed by atoms with E-state index in [0.29, 0.717) is 10.6 Å². The minimum Gasteiger partial charge on any atom is -0.387 e. The minimum absolute atomic E-state index is 0.000597. The highest BCUT2D eigenvalue weighted by Gasteiger charge is 2.11. The molecule has 1 atom stereocenters. The summed E-state index contributed by atoms with van der Waals surface area (Å²) in [6.45, 7) is 0.276. The van der Waals surface area contributed by atoms with E-state index >= 15 is 0 Å². The Labute approximate surface area is 134 Å². The number of nitrogens with zero attached hydrogens (tertiary/aromatic N) is 1. The first kappa shape index (κ1) is 15.8. The average Bonchev–Trinajstić information content (AvgIpc) is 2.46. The van der Waals surface area contributed by atoms with E-state index in [4.69, 9.17) is 11.6 Å². The van der Waals surface area contributed by atoms with Crippen LogP contribution in [-0.4, -0.2) is 16.6 Å². The molecule has 0 amide bonds. The molecule has 2 rings (SSSR count). The van der Waals surface area contributed by atoms with Gasteiger partial charge in [-0.1, -0.05) is 11.6 Å². The fourth-order valence-corrected chi connectivity index (χ4v) is 2.60. The van der Waals surface area contributed by atoms with Crippen molar-refractivity contribution in [3.63, 3.8) is 0 Å². The van der Waals surface area contributed by atoms with Crippen LogP contribution in [0.15, 0.2) is 46.9 Å². The van der Waals surface area contributed by atoms with Gasteiger partial charge in [0.2, 0.25) is 0 Å². The van der Waals surface area contributed by atoms with Crippen LogP contribution in [0.3, 0.4) is 0 Å².